The summed E-state index contributed by atoms with van der Waals surface area (Å²) >= 11 is 0. The zero-order valence-corrected chi connectivity index (χ0v) is 20.7. The fourth-order valence-electron chi connectivity index (χ4n) is 2.96. The third kappa shape index (κ3) is 8.09. The minimum absolute atomic E-state index is 0.0498. The van der Waals surface area contributed by atoms with Crippen molar-refractivity contribution in [2.24, 2.45) is 0 Å². The Kier molecular flexibility index (Phi) is 9.19. The summed E-state index contributed by atoms with van der Waals surface area (Å²) in [4.78, 5) is 23.2. The van der Waals surface area contributed by atoms with Gasteiger partial charge in [0.15, 0.2) is 0 Å². The molecule has 0 aliphatic carbocycles. The number of rotatable bonds is 6. The first-order chi connectivity index (χ1) is 17.7. The predicted octanol–water partition coefficient (Wildman–Crippen LogP) is 5.86. The zero-order valence-electron chi connectivity index (χ0n) is 20.7. The van der Waals surface area contributed by atoms with Crippen LogP contribution in [0.5, 0.6) is 0 Å². The second kappa shape index (κ2) is 12.7. The van der Waals surface area contributed by atoms with Gasteiger partial charge < -0.3 is 9.47 Å². The molecule has 0 N–H and O–H groups in total. The van der Waals surface area contributed by atoms with Gasteiger partial charge in [-0.25, -0.2) is 14.0 Å². The van der Waals surface area contributed by atoms with E-state index in [0.29, 0.717) is 27.8 Å². The minimum Gasteiger partial charge on any atom is -0.457 e. The lowest BCUT2D eigenvalue weighted by Crippen LogP contribution is -2.05. The lowest BCUT2D eigenvalue weighted by Gasteiger charge is -2.06. The van der Waals surface area contributed by atoms with Crippen LogP contribution in [0.1, 0.15) is 47.2 Å². The maximum absolute atomic E-state index is 14.7. The molecule has 0 atom stereocenters. The van der Waals surface area contributed by atoms with Crippen molar-refractivity contribution in [3.05, 3.63) is 130 Å². The molecule has 0 unspecified atom stereocenters. The van der Waals surface area contributed by atoms with Crippen molar-refractivity contribution in [1.29, 1.82) is 0 Å². The standard InChI is InChI=1S/C32H25FO4/c1-22(2)31(34)36-20-26-13-10-24(11-14-26)9-12-25-15-16-28(30(33)19-25)18-17-27-7-5-6-8-29(27)21-37-32(35)23(3)4/h5-8,10-11,13-16,19H,1,3,20-21H2,2,4H3. The van der Waals surface area contributed by atoms with Gasteiger partial charge in [0.25, 0.3) is 0 Å². The quantitative estimate of drug-likeness (QED) is 0.246. The monoisotopic (exact) mass is 492 g/mol. The van der Waals surface area contributed by atoms with E-state index in [4.69, 9.17) is 9.47 Å². The molecule has 0 saturated carbocycles. The van der Waals surface area contributed by atoms with Crippen molar-refractivity contribution < 1.29 is 23.5 Å². The molecule has 0 aromatic heterocycles. The fraction of sp³-hybridized carbons (Fsp3) is 0.125. The van der Waals surface area contributed by atoms with Gasteiger partial charge in [0, 0.05) is 33.4 Å². The van der Waals surface area contributed by atoms with E-state index in [-0.39, 0.29) is 18.8 Å². The molecule has 0 saturated heterocycles. The molecule has 3 aromatic carbocycles. The van der Waals surface area contributed by atoms with Crippen molar-refractivity contribution in [1.82, 2.24) is 0 Å². The highest BCUT2D eigenvalue weighted by Crippen LogP contribution is 2.13. The molecule has 37 heavy (non-hydrogen) atoms. The minimum atomic E-state index is -0.486. The van der Waals surface area contributed by atoms with Crippen LogP contribution in [0.15, 0.2) is 91.0 Å². The van der Waals surface area contributed by atoms with Gasteiger partial charge in [0.2, 0.25) is 0 Å². The largest absolute Gasteiger partial charge is 0.457 e. The predicted molar refractivity (Wildman–Crippen MR) is 140 cm³/mol. The topological polar surface area (TPSA) is 52.6 Å². The van der Waals surface area contributed by atoms with Crippen LogP contribution < -0.4 is 0 Å². The van der Waals surface area contributed by atoms with Crippen LogP contribution in [0, 0.1) is 29.5 Å². The van der Waals surface area contributed by atoms with E-state index >= 15 is 0 Å². The molecule has 0 fully saturated rings. The summed E-state index contributed by atoms with van der Waals surface area (Å²) in [5, 5.41) is 0. The number of hydrogen-bond donors (Lipinski definition) is 0. The Bertz CT molecular complexity index is 1470. The number of benzene rings is 3. The first-order valence-corrected chi connectivity index (χ1v) is 11.4. The van der Waals surface area contributed by atoms with Crippen LogP contribution >= 0.6 is 0 Å². The van der Waals surface area contributed by atoms with Gasteiger partial charge >= 0.3 is 11.9 Å². The number of esters is 2. The molecule has 5 heteroatoms. The molecule has 3 rings (SSSR count). The Labute approximate surface area is 216 Å². The molecular weight excluding hydrogens is 467 g/mol. The molecule has 0 amide bonds. The van der Waals surface area contributed by atoms with Gasteiger partial charge in [-0.2, -0.15) is 0 Å². The molecule has 0 spiro atoms. The molecule has 0 bridgehead atoms. The van der Waals surface area contributed by atoms with Gasteiger partial charge in [-0.1, -0.05) is 67.2 Å². The Morgan fingerprint density at radius 1 is 0.730 bits per heavy atom. The third-order valence-corrected chi connectivity index (χ3v) is 5.05. The highest BCUT2D eigenvalue weighted by atomic mass is 19.1. The highest BCUT2D eigenvalue weighted by molar-refractivity contribution is 5.87. The van der Waals surface area contributed by atoms with E-state index in [9.17, 15) is 14.0 Å². The van der Waals surface area contributed by atoms with Gasteiger partial charge in [-0.05, 0) is 55.8 Å². The van der Waals surface area contributed by atoms with Gasteiger partial charge in [-0.15, -0.1) is 0 Å². The summed E-state index contributed by atoms with van der Waals surface area (Å²) < 4.78 is 25.0. The van der Waals surface area contributed by atoms with Crippen LogP contribution in [0.3, 0.4) is 0 Å². The first-order valence-electron chi connectivity index (χ1n) is 11.4. The molecule has 4 nitrogen and oxygen atoms in total. The van der Waals surface area contributed by atoms with Gasteiger partial charge in [-0.3, -0.25) is 0 Å². The number of ether oxygens (including phenoxy) is 2. The van der Waals surface area contributed by atoms with E-state index in [2.05, 4.69) is 36.8 Å². The second-order valence-electron chi connectivity index (χ2n) is 8.26. The average molecular weight is 493 g/mol. The molecule has 3 aromatic rings. The summed E-state index contributed by atoms with van der Waals surface area (Å²) in [6.45, 7) is 10.5. The summed E-state index contributed by atoms with van der Waals surface area (Å²) in [7, 11) is 0. The maximum atomic E-state index is 14.7. The molecule has 0 heterocycles. The van der Waals surface area contributed by atoms with Crippen molar-refractivity contribution in [3.63, 3.8) is 0 Å². The van der Waals surface area contributed by atoms with Gasteiger partial charge in [0.05, 0.1) is 5.56 Å². The average Bonchev–Trinajstić information content (AvgIpc) is 2.89. The van der Waals surface area contributed by atoms with Crippen molar-refractivity contribution >= 4 is 11.9 Å². The molecule has 0 radical (unpaired) electrons. The van der Waals surface area contributed by atoms with Crippen LogP contribution in [0.2, 0.25) is 0 Å². The number of carbonyl (C=O) groups excluding carboxylic acids is 2. The third-order valence-electron chi connectivity index (χ3n) is 5.05. The van der Waals surface area contributed by atoms with Crippen molar-refractivity contribution in [2.45, 2.75) is 27.1 Å². The van der Waals surface area contributed by atoms with Crippen LogP contribution in [-0.4, -0.2) is 11.9 Å². The molecule has 0 aliphatic rings. The fourth-order valence-corrected chi connectivity index (χ4v) is 2.96. The lowest BCUT2D eigenvalue weighted by molar-refractivity contribution is -0.141. The van der Waals surface area contributed by atoms with E-state index < -0.39 is 17.8 Å². The molecule has 0 aliphatic heterocycles. The number of carbonyl (C=O) groups is 2. The number of halogens is 1. The Morgan fingerprint density at radius 3 is 1.95 bits per heavy atom. The maximum Gasteiger partial charge on any atom is 0.333 e. The number of hydrogen-bond acceptors (Lipinski definition) is 4. The van der Waals surface area contributed by atoms with E-state index in [0.717, 1.165) is 11.1 Å². The van der Waals surface area contributed by atoms with Crippen LogP contribution in [0.4, 0.5) is 4.39 Å². The van der Waals surface area contributed by atoms with E-state index in [1.807, 2.05) is 24.3 Å². The summed E-state index contributed by atoms with van der Waals surface area (Å²) in [5.41, 5.74) is 4.31. The summed E-state index contributed by atoms with van der Waals surface area (Å²) in [6, 6.07) is 19.1. The molecular formula is C32H25FO4. The zero-order chi connectivity index (χ0) is 26.8. The van der Waals surface area contributed by atoms with Crippen LogP contribution in [-0.2, 0) is 32.3 Å². The Hall–Kier alpha value is -4.87. The first kappa shape index (κ1) is 26.7. The normalized spacial score (nSPS) is 9.70. The highest BCUT2D eigenvalue weighted by Gasteiger charge is 2.07. The summed E-state index contributed by atoms with van der Waals surface area (Å²) in [5.74, 6) is 10.3. The van der Waals surface area contributed by atoms with E-state index in [1.165, 1.54) is 6.07 Å². The lowest BCUT2D eigenvalue weighted by atomic mass is 10.1. The summed E-state index contributed by atoms with van der Waals surface area (Å²) in [6.07, 6.45) is 0. The second-order valence-corrected chi connectivity index (χ2v) is 8.26. The van der Waals surface area contributed by atoms with E-state index in [1.54, 1.807) is 50.2 Å². The molecule has 184 valence electrons. The SMILES string of the molecule is C=C(C)C(=O)OCc1ccc(C#Cc2ccc(C#Cc3ccccc3COC(=O)C(=C)C)c(F)c2)cc1. The van der Waals surface area contributed by atoms with Crippen molar-refractivity contribution in [3.8, 4) is 23.7 Å². The Balaban J connectivity index is 1.68. The smallest absolute Gasteiger partial charge is 0.333 e. The van der Waals surface area contributed by atoms with Crippen LogP contribution in [0.25, 0.3) is 0 Å². The van der Waals surface area contributed by atoms with Gasteiger partial charge in [0.1, 0.15) is 19.0 Å². The van der Waals surface area contributed by atoms with Crippen molar-refractivity contribution in [2.75, 3.05) is 0 Å². The Morgan fingerprint density at radius 2 is 1.30 bits per heavy atom.